The number of halogens is 5. The Morgan fingerprint density at radius 1 is 0.632 bits per heavy atom. The van der Waals surface area contributed by atoms with Gasteiger partial charge in [0.15, 0.2) is 0 Å². The number of ether oxygens (including phenoxy) is 4. The van der Waals surface area contributed by atoms with E-state index in [1.54, 1.807) is 70.3 Å². The summed E-state index contributed by atoms with van der Waals surface area (Å²) >= 11 is 23.7. The van der Waals surface area contributed by atoms with E-state index < -0.39 is 19.2 Å². The van der Waals surface area contributed by atoms with Gasteiger partial charge in [-0.05, 0) is 36.4 Å². The number of hydrogen-bond donors (Lipinski definition) is 1. The van der Waals surface area contributed by atoms with Crippen LogP contribution in [0.5, 0.6) is 11.8 Å². The van der Waals surface area contributed by atoms with E-state index in [9.17, 15) is 16.8 Å². The Morgan fingerprint density at radius 3 is 1.53 bits per heavy atom. The second-order valence-electron chi connectivity index (χ2n) is 12.0. The first-order valence-corrected chi connectivity index (χ1v) is 23.1. The molecule has 2 aromatic carbocycles. The highest BCUT2D eigenvalue weighted by molar-refractivity contribution is 8.13. The van der Waals surface area contributed by atoms with E-state index in [2.05, 4.69) is 10.2 Å². The average Bonchev–Trinajstić information content (AvgIpc) is 3.88. The van der Waals surface area contributed by atoms with Gasteiger partial charge in [-0.25, -0.2) is 17.8 Å². The van der Waals surface area contributed by atoms with Gasteiger partial charge in [-0.1, -0.05) is 46.4 Å². The van der Waals surface area contributed by atoms with Gasteiger partial charge in [-0.2, -0.15) is 8.42 Å². The Morgan fingerprint density at radius 2 is 1.09 bits per heavy atom. The standard InChI is InChI=1S/C17H21Cl2N3O5S.C11H10Cl2N2O2.C6H12ClNO3S/c18-15-2-1-14(13-16(15)19)22-4-3-17(20-22)26-10-11-27-28(23,24)12-7-21-5-8-25-9-6-21;12-9-2-1-8(7-10(9)13)15-4-3-11(14-15)17-6-5-16;7-12(9,10)6-3-8-1-4-11-5-2-8/h1-4,13H,5-12H2;1-4,7,16H,5-6H2;1-6H2. The number of aliphatic hydroxyl groups excluding tert-OH is 1. The lowest BCUT2D eigenvalue weighted by Gasteiger charge is -2.26. The zero-order chi connectivity index (χ0) is 41.3. The number of aliphatic hydroxyl groups is 1. The van der Waals surface area contributed by atoms with Crippen molar-refractivity contribution in [2.45, 2.75) is 0 Å². The Kier molecular flexibility index (Phi) is 19.9. The summed E-state index contributed by atoms with van der Waals surface area (Å²) < 4.78 is 74.2. The number of aromatic nitrogens is 4. The molecule has 0 bridgehead atoms. The fourth-order valence-corrected chi connectivity index (χ4v) is 7.15. The van der Waals surface area contributed by atoms with E-state index in [0.29, 0.717) is 71.4 Å². The summed E-state index contributed by atoms with van der Waals surface area (Å²) in [6.45, 7) is 6.80. The van der Waals surface area contributed by atoms with Crippen molar-refractivity contribution in [2.75, 3.05) is 104 Å². The van der Waals surface area contributed by atoms with E-state index in [-0.39, 0.29) is 37.9 Å². The summed E-state index contributed by atoms with van der Waals surface area (Å²) in [7, 11) is -1.86. The highest BCUT2D eigenvalue weighted by Gasteiger charge is 2.17. The van der Waals surface area contributed by atoms with Gasteiger partial charge in [-0.3, -0.25) is 14.0 Å². The predicted molar refractivity (Wildman–Crippen MR) is 219 cm³/mol. The van der Waals surface area contributed by atoms with Crippen LogP contribution in [-0.2, 0) is 32.8 Å². The van der Waals surface area contributed by atoms with Crippen LogP contribution < -0.4 is 9.47 Å². The molecular weight excluding hydrogens is 894 g/mol. The van der Waals surface area contributed by atoms with Crippen LogP contribution >= 0.6 is 57.1 Å². The van der Waals surface area contributed by atoms with Gasteiger partial charge < -0.3 is 24.1 Å². The molecule has 6 rings (SSSR count). The molecular formula is C34H43Cl5N6O10S2. The quantitative estimate of drug-likeness (QED) is 0.0932. The zero-order valence-electron chi connectivity index (χ0n) is 30.6. The molecule has 4 heterocycles. The largest absolute Gasteiger partial charge is 0.474 e. The van der Waals surface area contributed by atoms with Crippen LogP contribution in [0.15, 0.2) is 60.9 Å². The van der Waals surface area contributed by atoms with Crippen LogP contribution in [0.1, 0.15) is 0 Å². The average molecular weight is 937 g/mol. The summed E-state index contributed by atoms with van der Waals surface area (Å²) in [4.78, 5) is 4.07. The lowest BCUT2D eigenvalue weighted by atomic mass is 10.3. The maximum Gasteiger partial charge on any atom is 0.268 e. The maximum atomic E-state index is 12.0. The third kappa shape index (κ3) is 17.8. The minimum Gasteiger partial charge on any atom is -0.474 e. The van der Waals surface area contributed by atoms with E-state index in [4.69, 9.17) is 85.3 Å². The molecule has 2 aliphatic heterocycles. The Hall–Kier alpha value is -2.43. The molecule has 2 fully saturated rings. The molecule has 0 atom stereocenters. The first kappa shape index (κ1) is 47.3. The van der Waals surface area contributed by atoms with Crippen molar-refractivity contribution in [3.05, 3.63) is 81.0 Å². The lowest BCUT2D eigenvalue weighted by Crippen LogP contribution is -2.39. The number of nitrogens with zero attached hydrogens (tertiary/aromatic N) is 6. The lowest BCUT2D eigenvalue weighted by molar-refractivity contribution is 0.0405. The fraction of sp³-hybridized carbons (Fsp3) is 0.471. The molecule has 23 heteroatoms. The second kappa shape index (κ2) is 24.0. The molecule has 16 nitrogen and oxygen atoms in total. The SMILES string of the molecule is O=S(=O)(CCN1CCOCC1)OCCOc1ccn(-c2ccc(Cl)c(Cl)c2)n1.O=S(=O)(Cl)CCN1CCOCC1.OCCOc1ccn(-c2ccc(Cl)c(Cl)c2)n1. The van der Waals surface area contributed by atoms with Crippen LogP contribution in [0.25, 0.3) is 11.4 Å². The van der Waals surface area contributed by atoms with E-state index in [0.717, 1.165) is 37.6 Å². The fourth-order valence-electron chi connectivity index (χ4n) is 4.96. The minimum absolute atomic E-state index is 0.0224. The van der Waals surface area contributed by atoms with Crippen LogP contribution in [0.2, 0.25) is 20.1 Å². The number of rotatable bonds is 16. The third-order valence-corrected chi connectivity index (χ3v) is 11.7. The molecule has 2 aliphatic rings. The molecule has 2 saturated heterocycles. The van der Waals surface area contributed by atoms with Gasteiger partial charge in [0.2, 0.25) is 20.8 Å². The maximum absolute atomic E-state index is 12.0. The molecule has 2 aromatic heterocycles. The van der Waals surface area contributed by atoms with E-state index in [1.807, 2.05) is 9.80 Å². The number of morpholine rings is 2. The van der Waals surface area contributed by atoms with Crippen molar-refractivity contribution in [3.63, 3.8) is 0 Å². The summed E-state index contributed by atoms with van der Waals surface area (Å²) in [6.07, 6.45) is 3.45. The topological polar surface area (TPSA) is 177 Å². The molecule has 0 spiro atoms. The van der Waals surface area contributed by atoms with Gasteiger partial charge >= 0.3 is 0 Å². The molecule has 1 N–H and O–H groups in total. The van der Waals surface area contributed by atoms with Gasteiger partial charge in [-0.15, -0.1) is 10.2 Å². The van der Waals surface area contributed by atoms with Crippen molar-refractivity contribution in [2.24, 2.45) is 0 Å². The molecule has 0 unspecified atom stereocenters. The molecule has 0 amide bonds. The molecule has 0 saturated carbocycles. The summed E-state index contributed by atoms with van der Waals surface area (Å²) in [6, 6.07) is 13.7. The van der Waals surface area contributed by atoms with E-state index in [1.165, 1.54) is 0 Å². The Labute approximate surface area is 356 Å². The van der Waals surface area contributed by atoms with Gasteiger partial charge in [0, 0.05) is 74.5 Å². The minimum atomic E-state index is -3.60. The molecule has 4 aromatic rings. The predicted octanol–water partition coefficient (Wildman–Crippen LogP) is 4.67. The van der Waals surface area contributed by atoms with Crippen molar-refractivity contribution in [3.8, 4) is 23.1 Å². The summed E-state index contributed by atoms with van der Waals surface area (Å²) in [5.41, 5.74) is 1.52. The first-order chi connectivity index (χ1) is 27.2. The van der Waals surface area contributed by atoms with Gasteiger partial charge in [0.1, 0.15) is 19.8 Å². The normalized spacial score (nSPS) is 15.3. The third-order valence-electron chi connectivity index (χ3n) is 7.92. The highest BCUT2D eigenvalue weighted by atomic mass is 35.7. The molecule has 57 heavy (non-hydrogen) atoms. The smallest absolute Gasteiger partial charge is 0.268 e. The van der Waals surface area contributed by atoms with Crippen LogP contribution in [0, 0.1) is 0 Å². The second-order valence-corrected chi connectivity index (χ2v) is 18.3. The molecule has 0 radical (unpaired) electrons. The van der Waals surface area contributed by atoms with Gasteiger partial charge in [0.05, 0.1) is 76.0 Å². The van der Waals surface area contributed by atoms with Crippen LogP contribution in [0.3, 0.4) is 0 Å². The summed E-state index contributed by atoms with van der Waals surface area (Å²) in [5.74, 6) is 0.763. The molecule has 0 aliphatic carbocycles. The van der Waals surface area contributed by atoms with Crippen molar-refractivity contribution in [1.82, 2.24) is 29.4 Å². The summed E-state index contributed by atoms with van der Waals surface area (Å²) in [5, 5.41) is 18.9. The van der Waals surface area contributed by atoms with Gasteiger partial charge in [0.25, 0.3) is 10.1 Å². The van der Waals surface area contributed by atoms with E-state index >= 15 is 0 Å². The van der Waals surface area contributed by atoms with Crippen molar-refractivity contribution >= 4 is 76.3 Å². The first-order valence-electron chi connectivity index (χ1n) is 17.5. The number of benzene rings is 2. The Balaban J connectivity index is 0.000000210. The monoisotopic (exact) mass is 934 g/mol. The van der Waals surface area contributed by atoms with Crippen LogP contribution in [0.4, 0.5) is 0 Å². The Bertz CT molecular complexity index is 2050. The molecule has 316 valence electrons. The van der Waals surface area contributed by atoms with Crippen LogP contribution in [-0.4, -0.2) is 155 Å². The highest BCUT2D eigenvalue weighted by Crippen LogP contribution is 2.26. The zero-order valence-corrected chi connectivity index (χ0v) is 36.0. The van der Waals surface area contributed by atoms with Crippen molar-refractivity contribution in [1.29, 1.82) is 0 Å². The van der Waals surface area contributed by atoms with Crippen molar-refractivity contribution < 1.29 is 45.1 Å². The number of hydrogen-bond acceptors (Lipinski definition) is 14.